The summed E-state index contributed by atoms with van der Waals surface area (Å²) in [5, 5.41) is 3.03. The first-order valence-electron chi connectivity index (χ1n) is 8.13. The Balaban J connectivity index is 0.00000225. The summed E-state index contributed by atoms with van der Waals surface area (Å²) in [5.74, 6) is 1.84. The van der Waals surface area contributed by atoms with Crippen molar-refractivity contribution < 1.29 is 13.9 Å². The molecular formula is C18H22BrClN2O3. The molecule has 1 amide bonds. The van der Waals surface area contributed by atoms with Crippen LogP contribution >= 0.6 is 28.3 Å². The molecule has 1 aromatic carbocycles. The van der Waals surface area contributed by atoms with Crippen molar-refractivity contribution in [2.45, 2.75) is 31.9 Å². The lowest BCUT2D eigenvalue weighted by molar-refractivity contribution is 0.0896. The normalized spacial score (nSPS) is 19.3. The summed E-state index contributed by atoms with van der Waals surface area (Å²) >= 11 is 3.40. The number of nitrogens with one attached hydrogen (secondary N) is 1. The maximum Gasteiger partial charge on any atom is 0.287 e. The van der Waals surface area contributed by atoms with E-state index < -0.39 is 0 Å². The van der Waals surface area contributed by atoms with E-state index in [2.05, 4.69) is 21.2 Å². The van der Waals surface area contributed by atoms with Crippen LogP contribution in [0.4, 0.5) is 0 Å². The van der Waals surface area contributed by atoms with Crippen molar-refractivity contribution in [3.05, 3.63) is 52.4 Å². The second kappa shape index (κ2) is 9.27. The molecule has 5 nitrogen and oxygen atoms in total. The van der Waals surface area contributed by atoms with Crippen molar-refractivity contribution >= 4 is 34.2 Å². The third-order valence-electron chi connectivity index (χ3n) is 4.34. The van der Waals surface area contributed by atoms with Crippen molar-refractivity contribution in [1.29, 1.82) is 0 Å². The molecule has 3 rings (SSSR count). The van der Waals surface area contributed by atoms with Crippen LogP contribution in [-0.2, 0) is 6.61 Å². The van der Waals surface area contributed by atoms with E-state index in [1.54, 1.807) is 12.1 Å². The minimum absolute atomic E-state index is 0. The van der Waals surface area contributed by atoms with Gasteiger partial charge in [-0.3, -0.25) is 4.79 Å². The van der Waals surface area contributed by atoms with E-state index in [0.717, 1.165) is 29.5 Å². The van der Waals surface area contributed by atoms with Crippen LogP contribution in [-0.4, -0.2) is 18.5 Å². The molecule has 1 heterocycles. The predicted molar refractivity (Wildman–Crippen MR) is 102 cm³/mol. The summed E-state index contributed by atoms with van der Waals surface area (Å²) in [6.45, 7) is 0.882. The fraction of sp³-hybridized carbons (Fsp3) is 0.389. The third kappa shape index (κ3) is 5.23. The minimum Gasteiger partial charge on any atom is -0.486 e. The quantitative estimate of drug-likeness (QED) is 0.730. The van der Waals surface area contributed by atoms with Crippen LogP contribution in [0.15, 0.2) is 45.3 Å². The van der Waals surface area contributed by atoms with Gasteiger partial charge in [0.15, 0.2) is 5.76 Å². The highest BCUT2D eigenvalue weighted by Gasteiger charge is 2.28. The Hall–Kier alpha value is -1.50. The molecule has 0 aliphatic heterocycles. The second-order valence-corrected chi connectivity index (χ2v) is 6.93. The van der Waals surface area contributed by atoms with Crippen LogP contribution in [0.3, 0.4) is 0 Å². The molecule has 0 saturated heterocycles. The average molecular weight is 430 g/mol. The number of benzene rings is 1. The van der Waals surface area contributed by atoms with Crippen LogP contribution in [0.2, 0.25) is 0 Å². The average Bonchev–Trinajstić information content (AvgIpc) is 3.22. The highest BCUT2D eigenvalue weighted by Crippen LogP contribution is 2.25. The van der Waals surface area contributed by atoms with Crippen LogP contribution in [0.25, 0.3) is 0 Å². The Bertz CT molecular complexity index is 707. The Labute approximate surface area is 161 Å². The molecule has 7 heteroatoms. The van der Waals surface area contributed by atoms with E-state index in [1.807, 2.05) is 24.3 Å². The molecular weight excluding hydrogens is 408 g/mol. The number of carbonyl (C=O) groups is 1. The second-order valence-electron chi connectivity index (χ2n) is 6.02. The van der Waals surface area contributed by atoms with Gasteiger partial charge in [-0.05, 0) is 55.6 Å². The zero-order valence-corrected chi connectivity index (χ0v) is 16.1. The number of amides is 1. The van der Waals surface area contributed by atoms with E-state index in [4.69, 9.17) is 14.9 Å². The van der Waals surface area contributed by atoms with Gasteiger partial charge in [0.1, 0.15) is 18.1 Å². The third-order valence-corrected chi connectivity index (χ3v) is 4.83. The fourth-order valence-electron chi connectivity index (χ4n) is 3.04. The van der Waals surface area contributed by atoms with Gasteiger partial charge in [0.05, 0.1) is 0 Å². The van der Waals surface area contributed by atoms with Crippen LogP contribution in [0.5, 0.6) is 5.75 Å². The Morgan fingerprint density at radius 2 is 2.16 bits per heavy atom. The Morgan fingerprint density at radius 1 is 1.32 bits per heavy atom. The molecule has 0 bridgehead atoms. The first-order chi connectivity index (χ1) is 11.7. The first kappa shape index (κ1) is 19.8. The van der Waals surface area contributed by atoms with Crippen LogP contribution in [0, 0.1) is 5.92 Å². The van der Waals surface area contributed by atoms with Gasteiger partial charge in [-0.15, -0.1) is 12.4 Å². The van der Waals surface area contributed by atoms with Gasteiger partial charge < -0.3 is 20.2 Å². The lowest BCUT2D eigenvalue weighted by Crippen LogP contribution is -2.39. The molecule has 1 saturated carbocycles. The molecule has 3 N–H and O–H groups in total. The highest BCUT2D eigenvalue weighted by atomic mass is 79.9. The number of halogens is 2. The van der Waals surface area contributed by atoms with Crippen molar-refractivity contribution in [1.82, 2.24) is 5.32 Å². The number of furan rings is 1. The van der Waals surface area contributed by atoms with Gasteiger partial charge >= 0.3 is 0 Å². The summed E-state index contributed by atoms with van der Waals surface area (Å²) in [7, 11) is 0. The zero-order chi connectivity index (χ0) is 16.9. The zero-order valence-electron chi connectivity index (χ0n) is 13.7. The van der Waals surface area contributed by atoms with Crippen LogP contribution < -0.4 is 15.8 Å². The van der Waals surface area contributed by atoms with E-state index in [1.165, 1.54) is 0 Å². The molecule has 1 aliphatic carbocycles. The number of rotatable bonds is 6. The topological polar surface area (TPSA) is 77.5 Å². The van der Waals surface area contributed by atoms with Crippen LogP contribution in [0.1, 0.15) is 35.6 Å². The van der Waals surface area contributed by atoms with Crippen molar-refractivity contribution in [3.8, 4) is 5.75 Å². The number of ether oxygens (including phenoxy) is 1. The number of carbonyl (C=O) groups excluding carboxylic acids is 1. The number of hydrogen-bond acceptors (Lipinski definition) is 4. The first-order valence-corrected chi connectivity index (χ1v) is 8.93. The maximum atomic E-state index is 12.3. The summed E-state index contributed by atoms with van der Waals surface area (Å²) in [5.41, 5.74) is 5.75. The summed E-state index contributed by atoms with van der Waals surface area (Å²) < 4.78 is 12.2. The lowest BCUT2D eigenvalue weighted by Gasteiger charge is -2.18. The summed E-state index contributed by atoms with van der Waals surface area (Å²) in [4.78, 5) is 12.3. The van der Waals surface area contributed by atoms with E-state index in [-0.39, 0.29) is 31.0 Å². The molecule has 25 heavy (non-hydrogen) atoms. The van der Waals surface area contributed by atoms with Crippen molar-refractivity contribution in [3.63, 3.8) is 0 Å². The standard InChI is InChI=1S/C18H21BrN2O3.ClH/c19-13-4-2-5-14(9-13)23-11-15-7-8-17(24-15)18(22)21-16-6-1-3-12(16)10-20;/h2,4-5,7-9,12,16H,1,3,6,10-11,20H2,(H,21,22);1H. The van der Waals surface area contributed by atoms with Gasteiger partial charge in [-0.25, -0.2) is 0 Å². The molecule has 2 unspecified atom stereocenters. The van der Waals surface area contributed by atoms with E-state index >= 15 is 0 Å². The smallest absolute Gasteiger partial charge is 0.287 e. The monoisotopic (exact) mass is 428 g/mol. The van der Waals surface area contributed by atoms with Gasteiger partial charge in [0.25, 0.3) is 5.91 Å². The minimum atomic E-state index is -0.186. The molecule has 1 fully saturated rings. The highest BCUT2D eigenvalue weighted by molar-refractivity contribution is 9.10. The molecule has 0 spiro atoms. The van der Waals surface area contributed by atoms with Gasteiger partial charge in [-0.1, -0.05) is 28.4 Å². The van der Waals surface area contributed by atoms with Crippen molar-refractivity contribution in [2.24, 2.45) is 11.7 Å². The Morgan fingerprint density at radius 3 is 2.92 bits per heavy atom. The molecule has 1 aromatic heterocycles. The van der Waals surface area contributed by atoms with Gasteiger partial charge in [-0.2, -0.15) is 0 Å². The molecule has 136 valence electrons. The fourth-order valence-corrected chi connectivity index (χ4v) is 3.42. The summed E-state index contributed by atoms with van der Waals surface area (Å²) in [6, 6.07) is 11.2. The molecule has 2 aromatic rings. The molecule has 1 aliphatic rings. The predicted octanol–water partition coefficient (Wildman–Crippen LogP) is 3.90. The number of hydrogen-bond donors (Lipinski definition) is 2. The van der Waals surface area contributed by atoms with Gasteiger partial charge in [0, 0.05) is 10.5 Å². The molecule has 0 radical (unpaired) electrons. The number of nitrogens with two attached hydrogens (primary N) is 1. The van der Waals surface area contributed by atoms with Gasteiger partial charge in [0.2, 0.25) is 0 Å². The SMILES string of the molecule is Cl.NCC1CCCC1NC(=O)c1ccc(COc2cccc(Br)c2)o1. The maximum absolute atomic E-state index is 12.3. The largest absolute Gasteiger partial charge is 0.486 e. The molecule has 2 atom stereocenters. The summed E-state index contributed by atoms with van der Waals surface area (Å²) in [6.07, 6.45) is 3.16. The van der Waals surface area contributed by atoms with E-state index in [0.29, 0.717) is 24.0 Å². The lowest BCUT2D eigenvalue weighted by atomic mass is 10.0. The van der Waals surface area contributed by atoms with E-state index in [9.17, 15) is 4.79 Å². The Kier molecular flexibility index (Phi) is 7.35. The van der Waals surface area contributed by atoms with Crippen molar-refractivity contribution in [2.75, 3.05) is 6.54 Å².